The second-order valence-electron chi connectivity index (χ2n) is 15.1. The summed E-state index contributed by atoms with van der Waals surface area (Å²) >= 11 is 1.44. The standard InChI is InChI=1S/C34H50N2O3S/c1-32(2)26(27-11-12-28(40-27)30(37)38)15-17-33(3)24-10-8-23-21(22(24)9-13-29(32)33)14-18-34(16-6-7-25(23)34)31(39)35-19-20-36(4)5/h11-12,15,21-25,29H,6-10,13-14,16-20H2,1-5H3,(H,35,39)(H,37,38). The average Bonchev–Trinajstić information content (AvgIpc) is 3.56. The molecule has 40 heavy (non-hydrogen) atoms. The minimum Gasteiger partial charge on any atom is -0.477 e. The highest BCUT2D eigenvalue weighted by Crippen LogP contribution is 2.69. The molecule has 6 rings (SSSR count). The number of carboxylic acid groups (broad SMARTS) is 1. The first kappa shape index (κ1) is 28.5. The number of nitrogens with zero attached hydrogens (tertiary/aromatic N) is 1. The predicted molar refractivity (Wildman–Crippen MR) is 162 cm³/mol. The summed E-state index contributed by atoms with van der Waals surface area (Å²) in [6.07, 6.45) is 14.7. The van der Waals surface area contributed by atoms with Crippen LogP contribution in [0.4, 0.5) is 0 Å². The molecule has 0 spiro atoms. The van der Waals surface area contributed by atoms with Gasteiger partial charge in [-0.1, -0.05) is 33.3 Å². The van der Waals surface area contributed by atoms with Gasteiger partial charge in [0.1, 0.15) is 4.88 Å². The van der Waals surface area contributed by atoms with Gasteiger partial charge in [0.05, 0.1) is 5.41 Å². The molecule has 5 aliphatic carbocycles. The number of aromatic carboxylic acids is 1. The van der Waals surface area contributed by atoms with Crippen molar-refractivity contribution in [2.75, 3.05) is 27.2 Å². The zero-order valence-electron chi connectivity index (χ0n) is 25.3. The molecule has 0 radical (unpaired) electrons. The minimum atomic E-state index is -0.822. The Morgan fingerprint density at radius 1 is 0.975 bits per heavy atom. The van der Waals surface area contributed by atoms with Gasteiger partial charge in [-0.3, -0.25) is 4.79 Å². The number of thiophene rings is 1. The Kier molecular flexibility index (Phi) is 7.30. The SMILES string of the molecule is CN(C)CCNC(=O)C12CCCC1C1CCC3C(CCC4C(C)(C)C(c5ccc(C(=O)O)s5)=CCC34C)C1CC2. The van der Waals surface area contributed by atoms with E-state index in [9.17, 15) is 14.7 Å². The molecule has 0 bridgehead atoms. The van der Waals surface area contributed by atoms with Crippen molar-refractivity contribution in [3.05, 3.63) is 28.0 Å². The van der Waals surface area contributed by atoms with Gasteiger partial charge in [-0.05, 0) is 136 Å². The maximum absolute atomic E-state index is 13.7. The molecule has 2 N–H and O–H groups in total. The number of allylic oxidation sites excluding steroid dienone is 2. The fourth-order valence-electron chi connectivity index (χ4n) is 11.2. The fraction of sp³-hybridized carbons (Fsp3) is 0.765. The Balaban J connectivity index is 1.22. The number of hydrogen-bond acceptors (Lipinski definition) is 4. The van der Waals surface area contributed by atoms with Gasteiger partial charge in [-0.25, -0.2) is 4.79 Å². The van der Waals surface area contributed by atoms with E-state index >= 15 is 0 Å². The number of carbonyl (C=O) groups is 2. The van der Waals surface area contributed by atoms with Crippen molar-refractivity contribution < 1.29 is 14.7 Å². The van der Waals surface area contributed by atoms with E-state index < -0.39 is 5.97 Å². The lowest BCUT2D eigenvalue weighted by molar-refractivity contribution is -0.151. The van der Waals surface area contributed by atoms with Crippen LogP contribution in [0.1, 0.15) is 99.5 Å². The van der Waals surface area contributed by atoms with Crippen molar-refractivity contribution in [1.29, 1.82) is 0 Å². The van der Waals surface area contributed by atoms with E-state index in [4.69, 9.17) is 0 Å². The van der Waals surface area contributed by atoms with Gasteiger partial charge in [0.15, 0.2) is 0 Å². The van der Waals surface area contributed by atoms with E-state index in [1.54, 1.807) is 6.07 Å². The number of carbonyl (C=O) groups excluding carboxylic acids is 1. The van der Waals surface area contributed by atoms with Crippen LogP contribution in [0, 0.1) is 51.8 Å². The Hall–Kier alpha value is -1.66. The summed E-state index contributed by atoms with van der Waals surface area (Å²) in [5.41, 5.74) is 1.59. The molecule has 0 saturated heterocycles. The number of rotatable bonds is 6. The summed E-state index contributed by atoms with van der Waals surface area (Å²) in [7, 11) is 4.15. The number of hydrogen-bond donors (Lipinski definition) is 2. The molecule has 1 amide bonds. The largest absolute Gasteiger partial charge is 0.477 e. The summed E-state index contributed by atoms with van der Waals surface area (Å²) in [6, 6.07) is 3.81. The summed E-state index contributed by atoms with van der Waals surface area (Å²) in [6.45, 7) is 9.11. The summed E-state index contributed by atoms with van der Waals surface area (Å²) in [5, 5.41) is 12.9. The monoisotopic (exact) mass is 566 g/mol. The van der Waals surface area contributed by atoms with Gasteiger partial charge in [0.25, 0.3) is 0 Å². The zero-order valence-corrected chi connectivity index (χ0v) is 26.1. The molecular formula is C34H50N2O3S. The second kappa shape index (κ2) is 10.3. The third-order valence-electron chi connectivity index (χ3n) is 12.8. The Bertz CT molecular complexity index is 1190. The van der Waals surface area contributed by atoms with Gasteiger partial charge >= 0.3 is 5.97 Å². The molecule has 8 unspecified atom stereocenters. The van der Waals surface area contributed by atoms with Crippen molar-refractivity contribution >= 4 is 28.8 Å². The zero-order chi connectivity index (χ0) is 28.4. The van der Waals surface area contributed by atoms with Crippen LogP contribution in [-0.4, -0.2) is 49.1 Å². The summed E-state index contributed by atoms with van der Waals surface area (Å²) in [5.74, 6) is 3.79. The number of carboxylic acids is 1. The second-order valence-corrected chi connectivity index (χ2v) is 16.2. The molecule has 4 fully saturated rings. The van der Waals surface area contributed by atoms with Crippen molar-refractivity contribution in [2.45, 2.75) is 85.0 Å². The summed E-state index contributed by atoms with van der Waals surface area (Å²) < 4.78 is 0. The van der Waals surface area contributed by atoms with Crippen LogP contribution < -0.4 is 5.32 Å². The van der Waals surface area contributed by atoms with E-state index in [0.29, 0.717) is 28.0 Å². The smallest absolute Gasteiger partial charge is 0.345 e. The summed E-state index contributed by atoms with van der Waals surface area (Å²) in [4.78, 5) is 29.0. The fourth-order valence-corrected chi connectivity index (χ4v) is 12.3. The van der Waals surface area contributed by atoms with Gasteiger partial charge in [-0.2, -0.15) is 0 Å². The Morgan fingerprint density at radius 2 is 1.73 bits per heavy atom. The quantitative estimate of drug-likeness (QED) is 0.382. The molecule has 220 valence electrons. The minimum absolute atomic E-state index is 0.0350. The molecule has 5 aliphatic rings. The maximum Gasteiger partial charge on any atom is 0.345 e. The molecule has 1 heterocycles. The molecular weight excluding hydrogens is 516 g/mol. The van der Waals surface area contributed by atoms with Crippen LogP contribution >= 0.6 is 11.3 Å². The lowest BCUT2D eigenvalue weighted by Crippen LogP contribution is -2.58. The van der Waals surface area contributed by atoms with Crippen LogP contribution in [0.25, 0.3) is 5.57 Å². The number of fused-ring (bicyclic) bond motifs is 7. The van der Waals surface area contributed by atoms with Crippen molar-refractivity contribution in [2.24, 2.45) is 51.8 Å². The molecule has 8 atom stereocenters. The van der Waals surface area contributed by atoms with Gasteiger partial charge < -0.3 is 15.3 Å². The van der Waals surface area contributed by atoms with E-state index in [1.165, 1.54) is 61.9 Å². The van der Waals surface area contributed by atoms with Gasteiger partial charge in [-0.15, -0.1) is 11.3 Å². The molecule has 5 nitrogen and oxygen atoms in total. The molecule has 1 aromatic heterocycles. The van der Waals surface area contributed by atoms with Crippen molar-refractivity contribution in [3.8, 4) is 0 Å². The third-order valence-corrected chi connectivity index (χ3v) is 13.9. The first-order valence-electron chi connectivity index (χ1n) is 16.0. The normalized spacial score (nSPS) is 39.9. The Morgan fingerprint density at radius 3 is 2.45 bits per heavy atom. The first-order chi connectivity index (χ1) is 19.0. The molecule has 0 aromatic carbocycles. The van der Waals surface area contributed by atoms with E-state index in [0.717, 1.165) is 60.9 Å². The lowest BCUT2D eigenvalue weighted by atomic mass is 9.41. The highest BCUT2D eigenvalue weighted by Gasteiger charge is 2.62. The van der Waals surface area contributed by atoms with Crippen molar-refractivity contribution in [1.82, 2.24) is 10.2 Å². The lowest BCUT2D eigenvalue weighted by Gasteiger charge is -2.64. The molecule has 6 heteroatoms. The van der Waals surface area contributed by atoms with Crippen molar-refractivity contribution in [3.63, 3.8) is 0 Å². The number of amides is 1. The molecule has 0 aliphatic heterocycles. The topological polar surface area (TPSA) is 69.6 Å². The van der Waals surface area contributed by atoms with E-state index in [2.05, 4.69) is 51.2 Å². The predicted octanol–water partition coefficient (Wildman–Crippen LogP) is 7.19. The maximum atomic E-state index is 13.7. The highest BCUT2D eigenvalue weighted by molar-refractivity contribution is 7.15. The van der Waals surface area contributed by atoms with Crippen LogP contribution in [0.2, 0.25) is 0 Å². The van der Waals surface area contributed by atoms with E-state index in [1.807, 2.05) is 6.07 Å². The van der Waals surface area contributed by atoms with Crippen LogP contribution in [0.15, 0.2) is 18.2 Å². The third kappa shape index (κ3) is 4.33. The highest BCUT2D eigenvalue weighted by atomic mass is 32.1. The number of nitrogens with one attached hydrogen (secondary N) is 1. The average molecular weight is 567 g/mol. The van der Waals surface area contributed by atoms with Gasteiger partial charge in [0.2, 0.25) is 5.91 Å². The Labute approximate surface area is 245 Å². The molecule has 4 saturated carbocycles. The van der Waals surface area contributed by atoms with Crippen LogP contribution in [0.3, 0.4) is 0 Å². The van der Waals surface area contributed by atoms with E-state index in [-0.39, 0.29) is 10.8 Å². The van der Waals surface area contributed by atoms with Gasteiger partial charge in [0, 0.05) is 18.0 Å². The van der Waals surface area contributed by atoms with Crippen LogP contribution in [-0.2, 0) is 4.79 Å². The first-order valence-corrected chi connectivity index (χ1v) is 16.8. The number of likely N-dealkylation sites (N-methyl/N-ethyl adjacent to an activating group) is 1. The molecule has 1 aromatic rings. The van der Waals surface area contributed by atoms with Crippen LogP contribution in [0.5, 0.6) is 0 Å².